The van der Waals surface area contributed by atoms with Crippen LogP contribution in [-0.2, 0) is 11.3 Å². The molecule has 12 heteroatoms. The lowest BCUT2D eigenvalue weighted by atomic mass is 9.97. The number of imide groups is 1. The first-order valence-electron chi connectivity index (χ1n) is 11.2. The highest BCUT2D eigenvalue weighted by Crippen LogP contribution is 2.26. The van der Waals surface area contributed by atoms with Gasteiger partial charge < -0.3 is 10.2 Å². The van der Waals surface area contributed by atoms with Gasteiger partial charge in [-0.05, 0) is 55.3 Å². The lowest BCUT2D eigenvalue weighted by molar-refractivity contribution is -0.115. The van der Waals surface area contributed by atoms with Crippen LogP contribution in [0.25, 0.3) is 17.3 Å². The zero-order chi connectivity index (χ0) is 24.2. The van der Waals surface area contributed by atoms with Crippen molar-refractivity contribution in [3.63, 3.8) is 0 Å². The molecule has 2 aliphatic heterocycles. The van der Waals surface area contributed by atoms with Crippen molar-refractivity contribution < 1.29 is 14.0 Å². The number of carbonyl (C=O) groups is 2. The van der Waals surface area contributed by atoms with Crippen molar-refractivity contribution in [2.75, 3.05) is 24.5 Å². The van der Waals surface area contributed by atoms with Gasteiger partial charge in [0.05, 0.1) is 28.7 Å². The van der Waals surface area contributed by atoms with Gasteiger partial charge in [0, 0.05) is 43.2 Å². The van der Waals surface area contributed by atoms with Crippen LogP contribution in [0.3, 0.4) is 0 Å². The van der Waals surface area contributed by atoms with E-state index < -0.39 is 5.91 Å². The molecule has 5 heterocycles. The number of aromatic amines is 1. The number of amides is 2. The smallest absolute Gasteiger partial charge is 0.290 e. The lowest BCUT2D eigenvalue weighted by Gasteiger charge is -2.32. The third-order valence-corrected chi connectivity index (χ3v) is 6.77. The third kappa shape index (κ3) is 5.54. The normalized spacial score (nSPS) is 17.9. The Kier molecular flexibility index (Phi) is 6.82. The summed E-state index contributed by atoms with van der Waals surface area (Å²) in [6, 6.07) is 3.46. The molecule has 0 unspecified atom stereocenters. The van der Waals surface area contributed by atoms with E-state index in [0.29, 0.717) is 40.3 Å². The zero-order valence-corrected chi connectivity index (χ0v) is 19.5. The average molecular weight is 495 g/mol. The molecule has 0 saturated carbocycles. The molecule has 0 spiro atoms. The molecule has 5 rings (SSSR count). The summed E-state index contributed by atoms with van der Waals surface area (Å²) in [7, 11) is 0. The van der Waals surface area contributed by atoms with E-state index in [4.69, 9.17) is 0 Å². The van der Waals surface area contributed by atoms with Crippen molar-refractivity contribution >= 4 is 34.9 Å². The van der Waals surface area contributed by atoms with E-state index in [-0.39, 0.29) is 11.1 Å². The number of H-pyrrole nitrogens is 1. The van der Waals surface area contributed by atoms with Crippen LogP contribution in [0.2, 0.25) is 0 Å². The fourth-order valence-corrected chi connectivity index (χ4v) is 4.73. The van der Waals surface area contributed by atoms with Crippen LogP contribution in [0.5, 0.6) is 0 Å². The predicted octanol–water partition coefficient (Wildman–Crippen LogP) is 2.73. The zero-order valence-electron chi connectivity index (χ0n) is 18.7. The number of rotatable bonds is 7. The van der Waals surface area contributed by atoms with Gasteiger partial charge >= 0.3 is 0 Å². The van der Waals surface area contributed by atoms with E-state index in [2.05, 4.69) is 40.7 Å². The maximum Gasteiger partial charge on any atom is 0.290 e. The van der Waals surface area contributed by atoms with Gasteiger partial charge in [-0.2, -0.15) is 5.10 Å². The fourth-order valence-electron chi connectivity index (χ4n) is 4.06. The summed E-state index contributed by atoms with van der Waals surface area (Å²) in [4.78, 5) is 38.6. The molecule has 0 aromatic carbocycles. The summed E-state index contributed by atoms with van der Waals surface area (Å²) in [6.07, 6.45) is 9.80. The van der Waals surface area contributed by atoms with Crippen LogP contribution in [-0.4, -0.2) is 55.9 Å². The summed E-state index contributed by atoms with van der Waals surface area (Å²) in [5.74, 6) is 0.327. The Hall–Kier alpha value is -3.64. The molecule has 10 nitrogen and oxygen atoms in total. The van der Waals surface area contributed by atoms with Gasteiger partial charge in [0.1, 0.15) is 5.82 Å². The predicted molar refractivity (Wildman–Crippen MR) is 130 cm³/mol. The highest BCUT2D eigenvalue weighted by Gasteiger charge is 2.26. The van der Waals surface area contributed by atoms with Crippen LogP contribution in [0.4, 0.5) is 15.1 Å². The van der Waals surface area contributed by atoms with Crippen LogP contribution in [0.1, 0.15) is 24.1 Å². The topological polar surface area (TPSA) is 129 Å². The quantitative estimate of drug-likeness (QED) is 0.425. The molecular weight excluding hydrogens is 471 g/mol. The molecule has 0 radical (unpaired) electrons. The molecule has 2 saturated heterocycles. The Morgan fingerprint density at radius 1 is 1.23 bits per heavy atom. The highest BCUT2D eigenvalue weighted by molar-refractivity contribution is 8.18. The van der Waals surface area contributed by atoms with Gasteiger partial charge in [-0.1, -0.05) is 0 Å². The summed E-state index contributed by atoms with van der Waals surface area (Å²) >= 11 is 0.866. The molecule has 3 aromatic heterocycles. The maximum absolute atomic E-state index is 14.2. The van der Waals surface area contributed by atoms with Crippen molar-refractivity contribution in [2.24, 2.45) is 5.92 Å². The van der Waals surface area contributed by atoms with E-state index in [1.165, 1.54) is 6.20 Å². The maximum atomic E-state index is 14.2. The highest BCUT2D eigenvalue weighted by atomic mass is 32.2. The molecule has 2 amide bonds. The molecule has 2 fully saturated rings. The van der Waals surface area contributed by atoms with Crippen molar-refractivity contribution in [1.82, 2.24) is 35.8 Å². The molecule has 2 aliphatic rings. The van der Waals surface area contributed by atoms with E-state index in [9.17, 15) is 14.0 Å². The average Bonchev–Trinajstić information content (AvgIpc) is 3.51. The molecule has 0 aliphatic carbocycles. The van der Waals surface area contributed by atoms with Gasteiger partial charge in [-0.25, -0.2) is 14.4 Å². The summed E-state index contributed by atoms with van der Waals surface area (Å²) in [5.41, 5.74) is 2.66. The molecule has 180 valence electrons. The monoisotopic (exact) mass is 494 g/mol. The first-order valence-corrected chi connectivity index (χ1v) is 12.0. The number of halogens is 1. The number of carbonyl (C=O) groups excluding carboxylic acids is 2. The number of pyridine rings is 1. The SMILES string of the molecule is O=C1NC(=O)/C(=C/c2ccnc(N3CCC(CNCc4cc(-c5cn[nH]c5)ncc4F)CC3)n2)S1. The molecule has 35 heavy (non-hydrogen) atoms. The van der Waals surface area contributed by atoms with Crippen molar-refractivity contribution in [3.05, 3.63) is 58.9 Å². The summed E-state index contributed by atoms with van der Waals surface area (Å²) < 4.78 is 14.2. The second kappa shape index (κ2) is 10.3. The van der Waals surface area contributed by atoms with Gasteiger partial charge in [0.25, 0.3) is 11.1 Å². The minimum atomic E-state index is -0.405. The Bertz CT molecular complexity index is 1260. The Morgan fingerprint density at radius 3 is 2.83 bits per heavy atom. The number of thioether (sulfide) groups is 1. The van der Waals surface area contributed by atoms with E-state index in [1.54, 1.807) is 36.8 Å². The van der Waals surface area contributed by atoms with Crippen LogP contribution in [0, 0.1) is 11.7 Å². The van der Waals surface area contributed by atoms with Crippen molar-refractivity contribution in [2.45, 2.75) is 19.4 Å². The molecule has 3 aromatic rings. The number of piperidine rings is 1. The number of hydrogen-bond acceptors (Lipinski definition) is 9. The number of nitrogens with zero attached hydrogens (tertiary/aromatic N) is 5. The van der Waals surface area contributed by atoms with Crippen LogP contribution >= 0.6 is 11.8 Å². The standard InChI is InChI=1S/C23H23FN8O2S/c24-18-13-27-19(16-11-28-29-12-16)7-15(18)10-25-9-14-2-5-32(6-3-14)22-26-4-1-17(30-22)8-20-21(33)31-23(34)35-20/h1,4,7-8,11-14,25H,2-3,5-6,9-10H2,(H,28,29)(H,31,33,34)/b20-8-. The Balaban J connectivity index is 1.13. The van der Waals surface area contributed by atoms with E-state index in [0.717, 1.165) is 49.8 Å². The first kappa shape index (κ1) is 23.1. The number of nitrogens with one attached hydrogen (secondary N) is 3. The fraction of sp³-hybridized carbons (Fsp3) is 0.304. The van der Waals surface area contributed by atoms with Gasteiger partial charge in [0.15, 0.2) is 0 Å². The third-order valence-electron chi connectivity index (χ3n) is 5.96. The Labute approximate surface area is 204 Å². The first-order chi connectivity index (χ1) is 17.0. The molecular formula is C23H23FN8O2S. The van der Waals surface area contributed by atoms with Gasteiger partial charge in [0.2, 0.25) is 5.95 Å². The van der Waals surface area contributed by atoms with Crippen LogP contribution < -0.4 is 15.5 Å². The minimum absolute atomic E-state index is 0.326. The van der Waals surface area contributed by atoms with Crippen molar-refractivity contribution in [1.29, 1.82) is 0 Å². The van der Waals surface area contributed by atoms with Gasteiger partial charge in [-0.3, -0.25) is 25.0 Å². The lowest BCUT2D eigenvalue weighted by Crippen LogP contribution is -2.38. The second-order valence-electron chi connectivity index (χ2n) is 8.34. The molecule has 3 N–H and O–H groups in total. The molecule has 0 bridgehead atoms. The number of anilines is 1. The van der Waals surface area contributed by atoms with E-state index in [1.807, 2.05) is 0 Å². The summed E-state index contributed by atoms with van der Waals surface area (Å²) in [6.45, 7) is 2.81. The van der Waals surface area contributed by atoms with Gasteiger partial charge in [-0.15, -0.1) is 0 Å². The second-order valence-corrected chi connectivity index (χ2v) is 9.36. The molecule has 0 atom stereocenters. The number of aromatic nitrogens is 5. The van der Waals surface area contributed by atoms with Crippen LogP contribution in [0.15, 0.2) is 41.8 Å². The van der Waals surface area contributed by atoms with E-state index >= 15 is 0 Å². The largest absolute Gasteiger partial charge is 0.341 e. The number of hydrogen-bond donors (Lipinski definition) is 3. The minimum Gasteiger partial charge on any atom is -0.341 e. The Morgan fingerprint density at radius 2 is 2.09 bits per heavy atom. The summed E-state index contributed by atoms with van der Waals surface area (Å²) in [5, 5.41) is 11.9. The van der Waals surface area contributed by atoms with Crippen molar-refractivity contribution in [3.8, 4) is 11.3 Å².